The minimum atomic E-state index is 0.573. The highest BCUT2D eigenvalue weighted by molar-refractivity contribution is 5.79. The second-order valence-corrected chi connectivity index (χ2v) is 8.03. The molecule has 1 atom stereocenters. The van der Waals surface area contributed by atoms with Crippen molar-refractivity contribution in [3.8, 4) is 5.69 Å². The molecule has 29 heavy (non-hydrogen) atoms. The monoisotopic (exact) mass is 395 g/mol. The van der Waals surface area contributed by atoms with Gasteiger partial charge in [-0.25, -0.2) is 9.67 Å². The Bertz CT molecular complexity index is 849. The van der Waals surface area contributed by atoms with Crippen LogP contribution in [0.1, 0.15) is 23.9 Å². The normalized spacial score (nSPS) is 24.0. The maximum absolute atomic E-state index is 4.87. The van der Waals surface area contributed by atoms with E-state index < -0.39 is 0 Å². The number of hydrogen-bond donors (Lipinski definition) is 2. The molecule has 4 heterocycles. The van der Waals surface area contributed by atoms with E-state index in [2.05, 4.69) is 69.7 Å². The van der Waals surface area contributed by atoms with Gasteiger partial charge in [0.1, 0.15) is 0 Å². The van der Waals surface area contributed by atoms with Crippen molar-refractivity contribution in [1.82, 2.24) is 30.2 Å². The maximum atomic E-state index is 4.87. The predicted octanol–water partition coefficient (Wildman–Crippen LogP) is 1.54. The highest BCUT2D eigenvalue weighted by Crippen LogP contribution is 2.18. The van der Waals surface area contributed by atoms with Crippen LogP contribution in [0.5, 0.6) is 0 Å². The molecule has 156 valence electrons. The van der Waals surface area contributed by atoms with Gasteiger partial charge < -0.3 is 10.6 Å². The van der Waals surface area contributed by atoms with Gasteiger partial charge in [0.15, 0.2) is 5.96 Å². The van der Waals surface area contributed by atoms with E-state index in [4.69, 9.17) is 4.99 Å². The van der Waals surface area contributed by atoms with Crippen LogP contribution in [0.4, 0.5) is 0 Å². The molecule has 7 nitrogen and oxygen atoms in total. The van der Waals surface area contributed by atoms with Crippen LogP contribution in [0, 0.1) is 13.8 Å². The van der Waals surface area contributed by atoms with Crippen molar-refractivity contribution in [2.45, 2.75) is 33.4 Å². The lowest BCUT2D eigenvalue weighted by Crippen LogP contribution is -2.63. The van der Waals surface area contributed by atoms with Crippen molar-refractivity contribution in [3.05, 3.63) is 47.3 Å². The molecule has 7 heteroatoms. The summed E-state index contributed by atoms with van der Waals surface area (Å²) >= 11 is 0. The standard InChI is InChI=1S/C22H33N7/c1-4-23-22(25-15-20-16-27-9-11-28(20)12-10-27)24-14-19-7-5-6-8-21(19)29-18(3)13-17(2)26-29/h5-8,13,20H,4,9-12,14-16H2,1-3H3,(H2,23,24,25). The molecule has 2 aromatic rings. The number of guanidine groups is 1. The SMILES string of the molecule is CCNC(=NCc1ccccc1-n1nc(C)cc1C)NCC1CN2CCN1CC2. The number of piperazine rings is 3. The second kappa shape index (κ2) is 8.97. The molecule has 3 aliphatic heterocycles. The predicted molar refractivity (Wildman–Crippen MR) is 118 cm³/mol. The summed E-state index contributed by atoms with van der Waals surface area (Å²) in [5, 5.41) is 11.6. The van der Waals surface area contributed by atoms with Crippen LogP contribution in [0.2, 0.25) is 0 Å². The topological polar surface area (TPSA) is 60.7 Å². The number of aryl methyl sites for hydroxylation is 2. The van der Waals surface area contributed by atoms with Crippen molar-refractivity contribution >= 4 is 5.96 Å². The van der Waals surface area contributed by atoms with Gasteiger partial charge in [0.2, 0.25) is 0 Å². The van der Waals surface area contributed by atoms with Crippen molar-refractivity contribution < 1.29 is 0 Å². The van der Waals surface area contributed by atoms with E-state index in [0.717, 1.165) is 42.7 Å². The van der Waals surface area contributed by atoms with Crippen LogP contribution in [-0.4, -0.2) is 77.4 Å². The minimum absolute atomic E-state index is 0.573. The fraction of sp³-hybridized carbons (Fsp3) is 0.545. The third-order valence-electron chi connectivity index (χ3n) is 5.88. The minimum Gasteiger partial charge on any atom is -0.357 e. The molecule has 0 saturated carbocycles. The Kier molecular flexibility index (Phi) is 6.16. The molecular formula is C22H33N7. The maximum Gasteiger partial charge on any atom is 0.191 e. The quantitative estimate of drug-likeness (QED) is 0.574. The van der Waals surface area contributed by atoms with Gasteiger partial charge in [-0.05, 0) is 38.5 Å². The molecule has 1 aromatic heterocycles. The Morgan fingerprint density at radius 2 is 1.93 bits per heavy atom. The lowest BCUT2D eigenvalue weighted by atomic mass is 10.1. The van der Waals surface area contributed by atoms with Crippen LogP contribution in [0.15, 0.2) is 35.3 Å². The summed E-state index contributed by atoms with van der Waals surface area (Å²) in [4.78, 5) is 10.1. The smallest absolute Gasteiger partial charge is 0.191 e. The summed E-state index contributed by atoms with van der Waals surface area (Å²) in [6, 6.07) is 11.1. The van der Waals surface area contributed by atoms with E-state index in [1.165, 1.54) is 31.7 Å². The van der Waals surface area contributed by atoms with E-state index in [1.807, 2.05) is 11.6 Å². The third-order valence-corrected chi connectivity index (χ3v) is 5.88. The van der Waals surface area contributed by atoms with Gasteiger partial charge in [-0.3, -0.25) is 9.80 Å². The molecule has 0 spiro atoms. The van der Waals surface area contributed by atoms with Gasteiger partial charge in [0.05, 0.1) is 17.9 Å². The number of benzene rings is 1. The Labute approximate surface area is 173 Å². The summed E-state index contributed by atoms with van der Waals surface area (Å²) < 4.78 is 2.01. The Hall–Kier alpha value is -2.38. The molecule has 3 aliphatic rings. The number of rotatable bonds is 6. The van der Waals surface area contributed by atoms with Gasteiger partial charge in [-0.2, -0.15) is 5.10 Å². The fourth-order valence-corrected chi connectivity index (χ4v) is 4.36. The zero-order valence-electron chi connectivity index (χ0n) is 17.9. The van der Waals surface area contributed by atoms with E-state index in [9.17, 15) is 0 Å². The summed E-state index contributed by atoms with van der Waals surface area (Å²) in [6.07, 6.45) is 0. The molecule has 0 radical (unpaired) electrons. The molecule has 2 bridgehead atoms. The Morgan fingerprint density at radius 3 is 2.59 bits per heavy atom. The molecule has 1 aromatic carbocycles. The van der Waals surface area contributed by atoms with E-state index in [1.54, 1.807) is 0 Å². The first-order valence-corrected chi connectivity index (χ1v) is 10.7. The summed E-state index contributed by atoms with van der Waals surface area (Å²) in [6.45, 7) is 14.6. The van der Waals surface area contributed by atoms with Gasteiger partial charge in [0, 0.05) is 57.5 Å². The van der Waals surface area contributed by atoms with Gasteiger partial charge in [-0.15, -0.1) is 0 Å². The number of nitrogens with zero attached hydrogens (tertiary/aromatic N) is 5. The van der Waals surface area contributed by atoms with E-state index >= 15 is 0 Å². The fourth-order valence-electron chi connectivity index (χ4n) is 4.36. The number of aliphatic imine (C=N–C) groups is 1. The molecule has 1 unspecified atom stereocenters. The van der Waals surface area contributed by atoms with Gasteiger partial charge >= 0.3 is 0 Å². The lowest BCUT2D eigenvalue weighted by molar-refractivity contribution is 0.0154. The molecule has 3 saturated heterocycles. The highest BCUT2D eigenvalue weighted by atomic mass is 15.4. The van der Waals surface area contributed by atoms with Gasteiger partial charge in [0.25, 0.3) is 0 Å². The van der Waals surface area contributed by atoms with Crippen LogP contribution >= 0.6 is 0 Å². The number of nitrogens with one attached hydrogen (secondary N) is 2. The third kappa shape index (κ3) is 4.62. The molecule has 2 N–H and O–H groups in total. The first-order valence-electron chi connectivity index (χ1n) is 10.7. The number of hydrogen-bond acceptors (Lipinski definition) is 4. The average molecular weight is 396 g/mol. The first-order chi connectivity index (χ1) is 14.1. The largest absolute Gasteiger partial charge is 0.357 e. The van der Waals surface area contributed by atoms with Crippen molar-refractivity contribution in [2.24, 2.45) is 4.99 Å². The molecule has 0 aliphatic carbocycles. The highest BCUT2D eigenvalue weighted by Gasteiger charge is 2.31. The van der Waals surface area contributed by atoms with Crippen LogP contribution in [0.3, 0.4) is 0 Å². The first kappa shape index (κ1) is 19.9. The molecule has 5 rings (SSSR count). The van der Waals surface area contributed by atoms with Gasteiger partial charge in [-0.1, -0.05) is 18.2 Å². The van der Waals surface area contributed by atoms with Crippen molar-refractivity contribution in [3.63, 3.8) is 0 Å². The zero-order valence-corrected chi connectivity index (χ0v) is 17.9. The van der Waals surface area contributed by atoms with Crippen LogP contribution in [0.25, 0.3) is 5.69 Å². The second-order valence-electron chi connectivity index (χ2n) is 8.03. The van der Waals surface area contributed by atoms with E-state index in [0.29, 0.717) is 12.6 Å². The average Bonchev–Trinajstić information content (AvgIpc) is 3.09. The number of para-hydroxylation sites is 1. The zero-order chi connectivity index (χ0) is 20.2. The van der Waals surface area contributed by atoms with E-state index in [-0.39, 0.29) is 0 Å². The van der Waals surface area contributed by atoms with Crippen LogP contribution in [-0.2, 0) is 6.54 Å². The summed E-state index contributed by atoms with van der Waals surface area (Å²) in [7, 11) is 0. The van der Waals surface area contributed by atoms with Crippen LogP contribution < -0.4 is 10.6 Å². The van der Waals surface area contributed by atoms with Crippen molar-refractivity contribution in [2.75, 3.05) is 45.8 Å². The molecular weight excluding hydrogens is 362 g/mol. The lowest BCUT2D eigenvalue weighted by Gasteiger charge is -2.47. The Balaban J connectivity index is 1.45. The van der Waals surface area contributed by atoms with Crippen molar-refractivity contribution in [1.29, 1.82) is 0 Å². The summed E-state index contributed by atoms with van der Waals surface area (Å²) in [5.74, 6) is 0.883. The number of fused-ring (bicyclic) bond motifs is 3. The number of aromatic nitrogens is 2. The summed E-state index contributed by atoms with van der Waals surface area (Å²) in [5.41, 5.74) is 4.44. The molecule has 3 fully saturated rings. The molecule has 0 amide bonds. The Morgan fingerprint density at radius 1 is 1.14 bits per heavy atom.